The van der Waals surface area contributed by atoms with Gasteiger partial charge in [0.1, 0.15) is 11.2 Å². The van der Waals surface area contributed by atoms with Crippen molar-refractivity contribution >= 4 is 21.9 Å². The van der Waals surface area contributed by atoms with Crippen LogP contribution < -0.4 is 0 Å². The number of benzene rings is 3. The second kappa shape index (κ2) is 9.12. The summed E-state index contributed by atoms with van der Waals surface area (Å²) in [5.74, 6) is 1.64. The highest BCUT2D eigenvalue weighted by Gasteiger charge is 2.44. The van der Waals surface area contributed by atoms with E-state index in [1.807, 2.05) is 6.20 Å². The van der Waals surface area contributed by atoms with Crippen LogP contribution in [0.15, 0.2) is 71.3 Å². The number of hydrogen-bond donors (Lipinski definition) is 0. The molecule has 3 aromatic carbocycles. The molecule has 0 saturated heterocycles. The molecular weight excluding hydrogens is 462 g/mol. The molecule has 0 fully saturated rings. The first-order chi connectivity index (χ1) is 18.2. The number of aryl methyl sites for hydroxylation is 1. The third kappa shape index (κ3) is 3.80. The van der Waals surface area contributed by atoms with Gasteiger partial charge in [0.05, 0.1) is 5.69 Å². The summed E-state index contributed by atoms with van der Waals surface area (Å²) in [6.45, 7) is 16.1. The fraction of sp³-hybridized carbons (Fsp3) is 0.361. The summed E-state index contributed by atoms with van der Waals surface area (Å²) < 4.78 is 6.75. The van der Waals surface area contributed by atoms with Crippen LogP contribution in [0.1, 0.15) is 82.6 Å². The Morgan fingerprint density at radius 3 is 2.21 bits per heavy atom. The lowest BCUT2D eigenvalue weighted by molar-refractivity contribution is 0.337. The molecule has 194 valence electrons. The minimum absolute atomic E-state index is 0.0206. The van der Waals surface area contributed by atoms with E-state index in [2.05, 4.69) is 109 Å². The molecule has 0 atom stereocenters. The van der Waals surface area contributed by atoms with E-state index in [9.17, 15) is 0 Å². The maximum absolute atomic E-state index is 6.75. The quantitative estimate of drug-likeness (QED) is 0.231. The molecule has 2 nitrogen and oxygen atoms in total. The molecule has 38 heavy (non-hydrogen) atoms. The average Bonchev–Trinajstić information content (AvgIpc) is 3.35. The van der Waals surface area contributed by atoms with Crippen molar-refractivity contribution in [2.75, 3.05) is 0 Å². The van der Waals surface area contributed by atoms with Gasteiger partial charge in [-0.25, -0.2) is 0 Å². The first kappa shape index (κ1) is 24.9. The number of pyridine rings is 1. The zero-order chi connectivity index (χ0) is 26.8. The highest BCUT2D eigenvalue weighted by molar-refractivity contribution is 6.11. The summed E-state index contributed by atoms with van der Waals surface area (Å²) in [5, 5.41) is 2.39. The summed E-state index contributed by atoms with van der Waals surface area (Å²) in [7, 11) is 0. The van der Waals surface area contributed by atoms with Crippen LogP contribution in [0.3, 0.4) is 0 Å². The van der Waals surface area contributed by atoms with Gasteiger partial charge in [0.15, 0.2) is 0 Å². The van der Waals surface area contributed by atoms with Gasteiger partial charge < -0.3 is 4.42 Å². The summed E-state index contributed by atoms with van der Waals surface area (Å²) in [6, 6.07) is 22.7. The van der Waals surface area contributed by atoms with Gasteiger partial charge in [-0.1, -0.05) is 77.9 Å². The molecule has 6 rings (SSSR count). The second-order valence-corrected chi connectivity index (χ2v) is 12.6. The predicted molar refractivity (Wildman–Crippen MR) is 161 cm³/mol. The van der Waals surface area contributed by atoms with Crippen LogP contribution in [0.4, 0.5) is 0 Å². The number of nitrogens with zero attached hydrogens (tertiary/aromatic N) is 1. The lowest BCUT2D eigenvalue weighted by Gasteiger charge is -2.35. The smallest absolute Gasteiger partial charge is 0.145 e. The van der Waals surface area contributed by atoms with Crippen molar-refractivity contribution in [1.29, 1.82) is 0 Å². The third-order valence-electron chi connectivity index (χ3n) is 8.46. The minimum Gasteiger partial charge on any atom is -0.455 e. The minimum atomic E-state index is 0.0206. The van der Waals surface area contributed by atoms with Crippen molar-refractivity contribution in [3.8, 4) is 22.4 Å². The van der Waals surface area contributed by atoms with Crippen LogP contribution in [-0.2, 0) is 5.41 Å². The highest BCUT2D eigenvalue weighted by atomic mass is 16.3. The highest BCUT2D eigenvalue weighted by Crippen LogP contribution is 2.56. The van der Waals surface area contributed by atoms with Crippen LogP contribution in [0.2, 0.25) is 0 Å². The molecule has 0 amide bonds. The van der Waals surface area contributed by atoms with Crippen molar-refractivity contribution in [2.45, 2.75) is 72.6 Å². The molecule has 5 aromatic rings. The molecule has 0 unspecified atom stereocenters. The summed E-state index contributed by atoms with van der Waals surface area (Å²) in [5.41, 5.74) is 12.2. The van der Waals surface area contributed by atoms with E-state index in [-0.39, 0.29) is 5.41 Å². The number of furan rings is 1. The molecule has 1 aliphatic carbocycles. The number of rotatable bonds is 6. The van der Waals surface area contributed by atoms with Gasteiger partial charge in [-0.2, -0.15) is 0 Å². The van der Waals surface area contributed by atoms with Gasteiger partial charge in [-0.3, -0.25) is 4.98 Å². The monoisotopic (exact) mass is 501 g/mol. The van der Waals surface area contributed by atoms with E-state index in [1.54, 1.807) is 0 Å². The molecule has 2 aromatic heterocycles. The summed E-state index contributed by atoms with van der Waals surface area (Å²) >= 11 is 0. The van der Waals surface area contributed by atoms with Crippen LogP contribution in [-0.4, -0.2) is 4.98 Å². The SMILES string of the molecule is Cc1ccc2c(oc3cc4c(cc32)C(CC(C)C)(CC(C)C)c2ccccc2-4)c1-c1cc(C(C)C)ccn1. The van der Waals surface area contributed by atoms with Gasteiger partial charge in [-0.15, -0.1) is 0 Å². The normalized spacial score (nSPS) is 14.3. The maximum atomic E-state index is 6.75. The van der Waals surface area contributed by atoms with Crippen LogP contribution in [0.25, 0.3) is 44.3 Å². The standard InChI is InChI=1S/C36H39NO/c1-21(2)19-36(20-22(3)4)30-11-9-8-10-26(30)28-18-33-29(17-31(28)36)27-13-12-24(7)34(35(27)38-33)32-16-25(23(5)6)14-15-37-32/h8-18,21-23H,19-20H2,1-7H3. The molecule has 0 spiro atoms. The fourth-order valence-corrected chi connectivity index (χ4v) is 7.06. The predicted octanol–water partition coefficient (Wildman–Crippen LogP) is 10.4. The second-order valence-electron chi connectivity index (χ2n) is 12.6. The Hall–Kier alpha value is -3.39. The Morgan fingerprint density at radius 2 is 1.50 bits per heavy atom. The number of hydrogen-bond acceptors (Lipinski definition) is 2. The molecule has 0 radical (unpaired) electrons. The Morgan fingerprint density at radius 1 is 0.763 bits per heavy atom. The molecule has 0 aliphatic heterocycles. The van der Waals surface area contributed by atoms with Crippen LogP contribution in [0, 0.1) is 18.8 Å². The lowest BCUT2D eigenvalue weighted by atomic mass is 9.68. The van der Waals surface area contributed by atoms with Crippen molar-refractivity contribution in [2.24, 2.45) is 11.8 Å². The Balaban J connectivity index is 1.65. The van der Waals surface area contributed by atoms with Crippen LogP contribution >= 0.6 is 0 Å². The fourth-order valence-electron chi connectivity index (χ4n) is 7.06. The average molecular weight is 502 g/mol. The number of fused-ring (bicyclic) bond motifs is 6. The van der Waals surface area contributed by atoms with Crippen molar-refractivity contribution in [3.63, 3.8) is 0 Å². The third-order valence-corrected chi connectivity index (χ3v) is 8.46. The topological polar surface area (TPSA) is 26.0 Å². The van der Waals surface area contributed by atoms with E-state index >= 15 is 0 Å². The Kier molecular flexibility index (Phi) is 5.98. The van der Waals surface area contributed by atoms with Crippen molar-refractivity contribution in [1.82, 2.24) is 4.98 Å². The van der Waals surface area contributed by atoms with E-state index < -0.39 is 0 Å². The number of aromatic nitrogens is 1. The Labute approximate surface area is 227 Å². The molecule has 1 aliphatic rings. The van der Waals surface area contributed by atoms with E-state index in [0.29, 0.717) is 17.8 Å². The van der Waals surface area contributed by atoms with Gasteiger partial charge in [0, 0.05) is 27.9 Å². The zero-order valence-corrected chi connectivity index (χ0v) is 23.9. The first-order valence-corrected chi connectivity index (χ1v) is 14.3. The largest absolute Gasteiger partial charge is 0.455 e. The first-order valence-electron chi connectivity index (χ1n) is 14.3. The van der Waals surface area contributed by atoms with Crippen molar-refractivity contribution in [3.05, 3.63) is 89.1 Å². The molecular formula is C36H39NO. The Bertz CT molecular complexity index is 1660. The molecule has 2 heterocycles. The van der Waals surface area contributed by atoms with E-state index in [4.69, 9.17) is 9.40 Å². The van der Waals surface area contributed by atoms with Gasteiger partial charge in [0.2, 0.25) is 0 Å². The van der Waals surface area contributed by atoms with E-state index in [1.165, 1.54) is 44.2 Å². The van der Waals surface area contributed by atoms with Gasteiger partial charge >= 0.3 is 0 Å². The van der Waals surface area contributed by atoms with E-state index in [0.717, 1.165) is 35.3 Å². The van der Waals surface area contributed by atoms with Crippen LogP contribution in [0.5, 0.6) is 0 Å². The molecule has 0 N–H and O–H groups in total. The maximum Gasteiger partial charge on any atom is 0.145 e. The molecule has 0 bridgehead atoms. The van der Waals surface area contributed by atoms with Crippen molar-refractivity contribution < 1.29 is 4.42 Å². The summed E-state index contributed by atoms with van der Waals surface area (Å²) in [6.07, 6.45) is 4.22. The zero-order valence-electron chi connectivity index (χ0n) is 23.9. The van der Waals surface area contributed by atoms with Gasteiger partial charge in [0.25, 0.3) is 0 Å². The lowest BCUT2D eigenvalue weighted by Crippen LogP contribution is -2.29. The molecule has 2 heteroatoms. The molecule has 0 saturated carbocycles. The summed E-state index contributed by atoms with van der Waals surface area (Å²) in [4.78, 5) is 4.79. The van der Waals surface area contributed by atoms with Gasteiger partial charge in [-0.05, 0) is 95.2 Å².